The Morgan fingerprint density at radius 3 is 1.90 bits per heavy atom. The summed E-state index contributed by atoms with van der Waals surface area (Å²) in [5, 5.41) is 10.2. The first-order chi connectivity index (χ1) is 23.9. The third-order valence-corrected chi connectivity index (χ3v) is 10.7. The first-order valence-corrected chi connectivity index (χ1v) is 17.1. The fraction of sp³-hybridized carbons (Fsp3) is 0.0612. The van der Waals surface area contributed by atoms with Gasteiger partial charge in [0.25, 0.3) is 0 Å². The smallest absolute Gasteiger partial charge is 0.0159 e. The Kier molecular flexibility index (Phi) is 6.58. The largest absolute Gasteiger partial charge is 0.0911 e. The summed E-state index contributed by atoms with van der Waals surface area (Å²) in [5.74, 6) is 0. The fourth-order valence-corrected chi connectivity index (χ4v) is 8.05. The van der Waals surface area contributed by atoms with Gasteiger partial charge in [-0.1, -0.05) is 167 Å². The van der Waals surface area contributed by atoms with E-state index in [4.69, 9.17) is 0 Å². The summed E-state index contributed by atoms with van der Waals surface area (Å²) in [6, 6.07) is 55.4. The Hall–Kier alpha value is -5.98. The van der Waals surface area contributed by atoms with Gasteiger partial charge in [0.1, 0.15) is 0 Å². The minimum Gasteiger partial charge on any atom is -0.0911 e. The Bertz CT molecular complexity index is 2700. The zero-order valence-corrected chi connectivity index (χ0v) is 27.9. The van der Waals surface area contributed by atoms with Crippen LogP contribution in [-0.2, 0) is 5.41 Å². The van der Waals surface area contributed by atoms with Gasteiger partial charge < -0.3 is 0 Å². The molecule has 0 bridgehead atoms. The lowest BCUT2D eigenvalue weighted by atomic mass is 9.80. The van der Waals surface area contributed by atoms with Crippen LogP contribution in [-0.4, -0.2) is 0 Å². The summed E-state index contributed by atoms with van der Waals surface area (Å²) >= 11 is 0. The lowest BCUT2D eigenvalue weighted by molar-refractivity contribution is 0.661. The molecule has 0 saturated heterocycles. The first-order valence-electron chi connectivity index (χ1n) is 17.1. The van der Waals surface area contributed by atoms with E-state index < -0.39 is 0 Å². The normalized spacial score (nSPS) is 14.7. The SMILES string of the molecule is C=C(/C=C1\C(=C)c2ccc(-c3ccc4ccccc4c3)cc2C1(C)C)c1ccc(-c2cc3ccc4ccccc4c3c3ccccc23)cc1. The third kappa shape index (κ3) is 4.67. The Morgan fingerprint density at radius 1 is 0.510 bits per heavy atom. The molecule has 0 aliphatic heterocycles. The average Bonchev–Trinajstić information content (AvgIpc) is 3.33. The standard InChI is InChI=1S/C49H36/c1-31(27-46-32(2)41-26-25-39(30-47(41)49(46,3)4)38-23-19-34-11-5-6-13-37(34)28-38)33-17-20-36(21-18-33)45-29-40-24-22-35-12-7-8-14-42(35)48(40)44-16-10-9-15-43(44)45/h5-30H,1-2H2,3-4H3/b46-27+. The van der Waals surface area contributed by atoms with Gasteiger partial charge in [-0.15, -0.1) is 0 Å². The van der Waals surface area contributed by atoms with E-state index in [9.17, 15) is 0 Å². The lowest BCUT2D eigenvalue weighted by Gasteiger charge is -2.23. The second kappa shape index (κ2) is 11.0. The van der Waals surface area contributed by atoms with Crippen molar-refractivity contribution >= 4 is 54.2 Å². The van der Waals surface area contributed by atoms with Gasteiger partial charge in [-0.3, -0.25) is 0 Å². The molecule has 8 aromatic carbocycles. The van der Waals surface area contributed by atoms with E-state index >= 15 is 0 Å². The minimum absolute atomic E-state index is 0.198. The van der Waals surface area contributed by atoms with Crippen LogP contribution in [0.1, 0.15) is 30.5 Å². The molecule has 1 aliphatic carbocycles. The van der Waals surface area contributed by atoms with Crippen LogP contribution >= 0.6 is 0 Å². The van der Waals surface area contributed by atoms with Crippen LogP contribution in [0.4, 0.5) is 0 Å². The number of hydrogen-bond donors (Lipinski definition) is 0. The zero-order valence-electron chi connectivity index (χ0n) is 27.9. The molecule has 0 aromatic heterocycles. The molecule has 0 nitrogen and oxygen atoms in total. The molecular formula is C49H36. The van der Waals surface area contributed by atoms with E-state index in [1.54, 1.807) is 0 Å². The molecule has 0 spiro atoms. The molecule has 0 fully saturated rings. The third-order valence-electron chi connectivity index (χ3n) is 10.7. The molecule has 49 heavy (non-hydrogen) atoms. The summed E-state index contributed by atoms with van der Waals surface area (Å²) < 4.78 is 0. The van der Waals surface area contributed by atoms with Gasteiger partial charge in [0.05, 0.1) is 0 Å². The van der Waals surface area contributed by atoms with Crippen molar-refractivity contribution in [1.82, 2.24) is 0 Å². The van der Waals surface area contributed by atoms with E-state index in [1.165, 1.54) is 82.0 Å². The molecule has 8 aromatic rings. The van der Waals surface area contributed by atoms with Crippen LogP contribution in [0.3, 0.4) is 0 Å². The summed E-state index contributed by atoms with van der Waals surface area (Å²) in [7, 11) is 0. The van der Waals surface area contributed by atoms with E-state index in [2.05, 4.69) is 185 Å². The highest BCUT2D eigenvalue weighted by Crippen LogP contribution is 2.50. The molecule has 0 N–H and O–H groups in total. The van der Waals surface area contributed by atoms with Crippen LogP contribution in [0.2, 0.25) is 0 Å². The average molecular weight is 625 g/mol. The Labute approximate surface area is 288 Å². The number of rotatable bonds is 4. The maximum absolute atomic E-state index is 4.58. The van der Waals surface area contributed by atoms with Crippen LogP contribution in [0.15, 0.2) is 176 Å². The van der Waals surface area contributed by atoms with Gasteiger partial charge in [0, 0.05) is 5.41 Å². The number of fused-ring (bicyclic) bond motifs is 7. The van der Waals surface area contributed by atoms with Crippen molar-refractivity contribution in [2.75, 3.05) is 0 Å². The summed E-state index contributed by atoms with van der Waals surface area (Å²) in [6.07, 6.45) is 2.25. The number of allylic oxidation sites excluding steroid dienone is 4. The fourth-order valence-electron chi connectivity index (χ4n) is 8.05. The molecular weight excluding hydrogens is 589 g/mol. The molecule has 232 valence electrons. The van der Waals surface area contributed by atoms with Crippen molar-refractivity contribution < 1.29 is 0 Å². The number of hydrogen-bond acceptors (Lipinski definition) is 0. The van der Waals surface area contributed by atoms with E-state index in [0.717, 1.165) is 16.7 Å². The van der Waals surface area contributed by atoms with Crippen molar-refractivity contribution in [3.63, 3.8) is 0 Å². The molecule has 0 unspecified atom stereocenters. The van der Waals surface area contributed by atoms with Crippen molar-refractivity contribution in [3.05, 3.63) is 193 Å². The molecule has 0 radical (unpaired) electrons. The summed E-state index contributed by atoms with van der Waals surface area (Å²) in [6.45, 7) is 13.7. The van der Waals surface area contributed by atoms with Gasteiger partial charge in [-0.05, 0) is 117 Å². The second-order valence-corrected chi connectivity index (χ2v) is 13.9. The van der Waals surface area contributed by atoms with Gasteiger partial charge in [-0.2, -0.15) is 0 Å². The summed E-state index contributed by atoms with van der Waals surface area (Å²) in [4.78, 5) is 0. The van der Waals surface area contributed by atoms with Crippen LogP contribution in [0.25, 0.3) is 76.5 Å². The topological polar surface area (TPSA) is 0 Å². The maximum atomic E-state index is 4.58. The van der Waals surface area contributed by atoms with Crippen molar-refractivity contribution in [2.45, 2.75) is 19.3 Å². The molecule has 9 rings (SSSR count). The predicted octanol–water partition coefficient (Wildman–Crippen LogP) is 13.6. The molecule has 0 heterocycles. The van der Waals surface area contributed by atoms with Gasteiger partial charge in [0.15, 0.2) is 0 Å². The second-order valence-electron chi connectivity index (χ2n) is 13.9. The lowest BCUT2D eigenvalue weighted by Crippen LogP contribution is -2.15. The zero-order chi connectivity index (χ0) is 33.3. The van der Waals surface area contributed by atoms with E-state index in [-0.39, 0.29) is 5.41 Å². The molecule has 1 aliphatic rings. The molecule has 0 heteroatoms. The Balaban J connectivity index is 1.05. The molecule has 0 amide bonds. The van der Waals surface area contributed by atoms with Crippen LogP contribution < -0.4 is 0 Å². The summed E-state index contributed by atoms with van der Waals surface area (Å²) in [5.41, 5.74) is 11.7. The molecule has 0 saturated carbocycles. The first kappa shape index (κ1) is 29.2. The van der Waals surface area contributed by atoms with E-state index in [0.29, 0.717) is 0 Å². The minimum atomic E-state index is -0.198. The van der Waals surface area contributed by atoms with Gasteiger partial charge in [-0.25, -0.2) is 0 Å². The molecule has 0 atom stereocenters. The highest BCUT2D eigenvalue weighted by molar-refractivity contribution is 6.23. The number of benzene rings is 8. The predicted molar refractivity (Wildman–Crippen MR) is 213 cm³/mol. The Morgan fingerprint density at radius 2 is 1.10 bits per heavy atom. The monoisotopic (exact) mass is 624 g/mol. The van der Waals surface area contributed by atoms with E-state index in [1.807, 2.05) is 0 Å². The maximum Gasteiger partial charge on any atom is 0.0159 e. The van der Waals surface area contributed by atoms with Gasteiger partial charge in [0.2, 0.25) is 0 Å². The van der Waals surface area contributed by atoms with Crippen LogP contribution in [0.5, 0.6) is 0 Å². The van der Waals surface area contributed by atoms with Crippen molar-refractivity contribution in [2.24, 2.45) is 0 Å². The quantitative estimate of drug-likeness (QED) is 0.171. The van der Waals surface area contributed by atoms with Crippen LogP contribution in [0, 0.1) is 0 Å². The van der Waals surface area contributed by atoms with Crippen molar-refractivity contribution in [1.29, 1.82) is 0 Å². The van der Waals surface area contributed by atoms with Crippen molar-refractivity contribution in [3.8, 4) is 22.3 Å². The highest BCUT2D eigenvalue weighted by Gasteiger charge is 2.37. The highest BCUT2D eigenvalue weighted by atomic mass is 14.4. The van der Waals surface area contributed by atoms with Gasteiger partial charge >= 0.3 is 0 Å².